The van der Waals surface area contributed by atoms with E-state index in [9.17, 15) is 9.59 Å². The second kappa shape index (κ2) is 9.93. The van der Waals surface area contributed by atoms with E-state index in [1.807, 2.05) is 48.5 Å². The third kappa shape index (κ3) is 5.41. The van der Waals surface area contributed by atoms with Crippen molar-refractivity contribution in [3.8, 4) is 17.2 Å². The number of thiazole rings is 1. The molecule has 7 nitrogen and oxygen atoms in total. The summed E-state index contributed by atoms with van der Waals surface area (Å²) in [5, 5.41) is 7.80. The molecule has 2 aromatic carbocycles. The number of para-hydroxylation sites is 1. The van der Waals surface area contributed by atoms with E-state index in [1.165, 1.54) is 18.3 Å². The molecule has 0 aliphatic heterocycles. The van der Waals surface area contributed by atoms with Crippen LogP contribution < -0.4 is 15.4 Å². The topological polar surface area (TPSA) is 93.5 Å². The molecule has 2 heterocycles. The molecule has 2 aromatic heterocycles. The summed E-state index contributed by atoms with van der Waals surface area (Å²) in [6.07, 6.45) is 0. The van der Waals surface area contributed by atoms with Crippen LogP contribution in [0.5, 0.6) is 5.75 Å². The number of anilines is 1. The van der Waals surface area contributed by atoms with Gasteiger partial charge in [-0.1, -0.05) is 36.4 Å². The Morgan fingerprint density at radius 1 is 1.03 bits per heavy atom. The number of aromatic nitrogens is 1. The first kappa shape index (κ1) is 21.3. The SMILES string of the molecule is CC(=O)NCc1ccc(-c2csc(NC(=O)c3ccccc3COc3ccccc3)n2)o1. The van der Waals surface area contributed by atoms with E-state index in [1.54, 1.807) is 23.6 Å². The van der Waals surface area contributed by atoms with E-state index in [0.29, 0.717) is 34.5 Å². The normalized spacial score (nSPS) is 10.5. The lowest BCUT2D eigenvalue weighted by Crippen LogP contribution is -2.18. The summed E-state index contributed by atoms with van der Waals surface area (Å²) in [6, 6.07) is 20.3. The number of carbonyl (C=O) groups excluding carboxylic acids is 2. The number of benzene rings is 2. The van der Waals surface area contributed by atoms with E-state index >= 15 is 0 Å². The van der Waals surface area contributed by atoms with Crippen LogP contribution in [0.2, 0.25) is 0 Å². The fourth-order valence-corrected chi connectivity index (χ4v) is 3.67. The van der Waals surface area contributed by atoms with Gasteiger partial charge < -0.3 is 14.5 Å². The standard InChI is InChI=1S/C24H21N3O4S/c1-16(28)25-13-19-11-12-22(31-19)21-15-32-24(26-21)27-23(29)20-10-6-5-7-17(20)14-30-18-8-3-2-4-9-18/h2-12,15H,13-14H2,1H3,(H,25,28)(H,26,27,29). The van der Waals surface area contributed by atoms with E-state index in [0.717, 1.165) is 11.3 Å². The Bertz CT molecular complexity index is 1220. The van der Waals surface area contributed by atoms with Crippen molar-refractivity contribution in [1.82, 2.24) is 10.3 Å². The number of ether oxygens (including phenoxy) is 1. The zero-order valence-electron chi connectivity index (χ0n) is 17.3. The van der Waals surface area contributed by atoms with Crippen molar-refractivity contribution in [2.75, 3.05) is 5.32 Å². The molecular weight excluding hydrogens is 426 g/mol. The Kier molecular flexibility index (Phi) is 6.62. The molecule has 0 unspecified atom stereocenters. The van der Waals surface area contributed by atoms with Crippen molar-refractivity contribution in [1.29, 1.82) is 0 Å². The maximum absolute atomic E-state index is 12.9. The second-order valence-electron chi connectivity index (χ2n) is 6.93. The van der Waals surface area contributed by atoms with Crippen LogP contribution in [-0.4, -0.2) is 16.8 Å². The van der Waals surface area contributed by atoms with Crippen LogP contribution in [-0.2, 0) is 17.9 Å². The molecule has 4 rings (SSSR count). The fourth-order valence-electron chi connectivity index (χ4n) is 2.98. The molecule has 8 heteroatoms. The number of hydrogen-bond donors (Lipinski definition) is 2. The second-order valence-corrected chi connectivity index (χ2v) is 7.78. The number of amides is 2. The summed E-state index contributed by atoms with van der Waals surface area (Å²) in [5.74, 6) is 1.54. The van der Waals surface area contributed by atoms with Gasteiger partial charge in [-0.05, 0) is 30.3 Å². The maximum Gasteiger partial charge on any atom is 0.257 e. The molecule has 32 heavy (non-hydrogen) atoms. The highest BCUT2D eigenvalue weighted by atomic mass is 32.1. The monoisotopic (exact) mass is 447 g/mol. The quantitative estimate of drug-likeness (QED) is 0.402. The molecule has 0 aliphatic rings. The first-order valence-electron chi connectivity index (χ1n) is 9.94. The van der Waals surface area contributed by atoms with Gasteiger partial charge in [-0.3, -0.25) is 14.9 Å². The summed E-state index contributed by atoms with van der Waals surface area (Å²) in [7, 11) is 0. The average Bonchev–Trinajstić information content (AvgIpc) is 3.47. The zero-order valence-corrected chi connectivity index (χ0v) is 18.1. The van der Waals surface area contributed by atoms with E-state index in [-0.39, 0.29) is 18.4 Å². The molecule has 0 atom stereocenters. The molecule has 0 fully saturated rings. The molecular formula is C24H21N3O4S. The number of nitrogens with one attached hydrogen (secondary N) is 2. The predicted molar refractivity (Wildman–Crippen MR) is 123 cm³/mol. The highest BCUT2D eigenvalue weighted by Gasteiger charge is 2.15. The van der Waals surface area contributed by atoms with Gasteiger partial charge in [0.05, 0.1) is 6.54 Å². The smallest absolute Gasteiger partial charge is 0.257 e. The first-order valence-corrected chi connectivity index (χ1v) is 10.8. The van der Waals surface area contributed by atoms with Crippen LogP contribution in [0.15, 0.2) is 76.5 Å². The van der Waals surface area contributed by atoms with Crippen molar-refractivity contribution in [2.45, 2.75) is 20.1 Å². The summed E-state index contributed by atoms with van der Waals surface area (Å²) in [4.78, 5) is 28.4. The Morgan fingerprint density at radius 3 is 2.62 bits per heavy atom. The van der Waals surface area contributed by atoms with Gasteiger partial charge in [0.2, 0.25) is 5.91 Å². The summed E-state index contributed by atoms with van der Waals surface area (Å²) in [5.41, 5.74) is 1.91. The highest BCUT2D eigenvalue weighted by Crippen LogP contribution is 2.27. The zero-order chi connectivity index (χ0) is 22.3. The predicted octanol–water partition coefficient (Wildman–Crippen LogP) is 4.87. The number of furan rings is 1. The molecule has 2 amide bonds. The van der Waals surface area contributed by atoms with Gasteiger partial charge in [0, 0.05) is 23.4 Å². The van der Waals surface area contributed by atoms with E-state index in [4.69, 9.17) is 9.15 Å². The van der Waals surface area contributed by atoms with Crippen molar-refractivity contribution in [2.24, 2.45) is 0 Å². The van der Waals surface area contributed by atoms with E-state index in [2.05, 4.69) is 15.6 Å². The average molecular weight is 448 g/mol. The summed E-state index contributed by atoms with van der Waals surface area (Å²) >= 11 is 1.31. The van der Waals surface area contributed by atoms with Crippen molar-refractivity contribution in [3.05, 3.63) is 89.0 Å². The molecule has 0 bridgehead atoms. The van der Waals surface area contributed by atoms with Crippen molar-refractivity contribution < 1.29 is 18.7 Å². The van der Waals surface area contributed by atoms with Crippen LogP contribution in [0, 0.1) is 0 Å². The number of nitrogens with zero attached hydrogens (tertiary/aromatic N) is 1. The molecule has 0 spiro atoms. The Balaban J connectivity index is 1.42. The Hall–Kier alpha value is -3.91. The largest absolute Gasteiger partial charge is 0.489 e. The van der Waals surface area contributed by atoms with Crippen LogP contribution >= 0.6 is 11.3 Å². The molecule has 162 valence electrons. The fraction of sp³-hybridized carbons (Fsp3) is 0.125. The molecule has 2 N–H and O–H groups in total. The minimum absolute atomic E-state index is 0.129. The minimum atomic E-state index is -0.260. The maximum atomic E-state index is 12.9. The molecule has 4 aromatic rings. The van der Waals surface area contributed by atoms with Crippen LogP contribution in [0.25, 0.3) is 11.5 Å². The van der Waals surface area contributed by atoms with E-state index < -0.39 is 0 Å². The van der Waals surface area contributed by atoms with Gasteiger partial charge in [-0.15, -0.1) is 11.3 Å². The van der Waals surface area contributed by atoms with Gasteiger partial charge in [-0.2, -0.15) is 0 Å². The molecule has 0 saturated heterocycles. The minimum Gasteiger partial charge on any atom is -0.489 e. The van der Waals surface area contributed by atoms with Crippen LogP contribution in [0.1, 0.15) is 28.6 Å². The third-order valence-corrected chi connectivity index (χ3v) is 5.31. The van der Waals surface area contributed by atoms with Gasteiger partial charge in [0.25, 0.3) is 5.91 Å². The van der Waals surface area contributed by atoms with Gasteiger partial charge in [-0.25, -0.2) is 4.98 Å². The van der Waals surface area contributed by atoms with Crippen molar-refractivity contribution >= 4 is 28.3 Å². The summed E-state index contributed by atoms with van der Waals surface area (Å²) in [6.45, 7) is 2.04. The number of carbonyl (C=O) groups is 2. The number of hydrogen-bond acceptors (Lipinski definition) is 6. The first-order chi connectivity index (χ1) is 15.6. The lowest BCUT2D eigenvalue weighted by atomic mass is 10.1. The highest BCUT2D eigenvalue weighted by molar-refractivity contribution is 7.14. The number of rotatable bonds is 8. The molecule has 0 saturated carbocycles. The van der Waals surface area contributed by atoms with Crippen LogP contribution in [0.3, 0.4) is 0 Å². The van der Waals surface area contributed by atoms with Gasteiger partial charge >= 0.3 is 0 Å². The van der Waals surface area contributed by atoms with Gasteiger partial charge in [0.1, 0.15) is 23.8 Å². The van der Waals surface area contributed by atoms with Gasteiger partial charge in [0.15, 0.2) is 10.9 Å². The third-order valence-electron chi connectivity index (χ3n) is 4.55. The lowest BCUT2D eigenvalue weighted by Gasteiger charge is -2.10. The van der Waals surface area contributed by atoms with Crippen LogP contribution in [0.4, 0.5) is 5.13 Å². The van der Waals surface area contributed by atoms with Crippen molar-refractivity contribution in [3.63, 3.8) is 0 Å². The summed E-state index contributed by atoms with van der Waals surface area (Å²) < 4.78 is 11.5. The molecule has 0 radical (unpaired) electrons. The lowest BCUT2D eigenvalue weighted by molar-refractivity contribution is -0.119. The molecule has 0 aliphatic carbocycles. The Labute approximate surface area is 189 Å². The Morgan fingerprint density at radius 2 is 1.81 bits per heavy atom.